The van der Waals surface area contributed by atoms with Gasteiger partial charge in [-0.15, -0.1) is 0 Å². The van der Waals surface area contributed by atoms with E-state index in [0.29, 0.717) is 6.04 Å². The molecule has 2 N–H and O–H groups in total. The van der Waals surface area contributed by atoms with Crippen LogP contribution in [-0.2, 0) is 19.9 Å². The molecule has 21 heavy (non-hydrogen) atoms. The number of nitrogens with zero attached hydrogens (tertiary/aromatic N) is 2. The maximum absolute atomic E-state index is 9.69. The molecule has 1 aliphatic carbocycles. The van der Waals surface area contributed by atoms with Gasteiger partial charge in [-0.05, 0) is 31.2 Å². The standard InChI is InChI=1S/C17H23N3O/c1-20-17-9-5-8-16(15(17)11-18-20)19-14(12-21)10-13-6-3-2-4-7-13/h2-4,6-7,11,14,16,19,21H,5,8-10,12H2,1H3. The van der Waals surface area contributed by atoms with Crippen molar-refractivity contribution in [3.05, 3.63) is 53.3 Å². The van der Waals surface area contributed by atoms with E-state index in [0.717, 1.165) is 19.3 Å². The van der Waals surface area contributed by atoms with Gasteiger partial charge >= 0.3 is 0 Å². The quantitative estimate of drug-likeness (QED) is 0.883. The third-order valence-electron chi connectivity index (χ3n) is 4.36. The van der Waals surface area contributed by atoms with Gasteiger partial charge in [0.2, 0.25) is 0 Å². The zero-order chi connectivity index (χ0) is 14.7. The van der Waals surface area contributed by atoms with E-state index in [1.54, 1.807) is 0 Å². The van der Waals surface area contributed by atoms with Crippen LogP contribution in [0.1, 0.15) is 35.7 Å². The Bertz CT molecular complexity index is 579. The SMILES string of the molecule is Cn1ncc2c1CCCC2NC(CO)Cc1ccccc1. The maximum Gasteiger partial charge on any atom is 0.0588 e. The molecule has 1 aromatic carbocycles. The summed E-state index contributed by atoms with van der Waals surface area (Å²) in [6.45, 7) is 0.154. The molecule has 2 atom stereocenters. The number of aromatic nitrogens is 2. The summed E-state index contributed by atoms with van der Waals surface area (Å²) in [4.78, 5) is 0. The normalized spacial score (nSPS) is 19.2. The molecule has 112 valence electrons. The second-order valence-electron chi connectivity index (χ2n) is 5.85. The van der Waals surface area contributed by atoms with Crippen molar-refractivity contribution in [3.63, 3.8) is 0 Å². The largest absolute Gasteiger partial charge is 0.395 e. The number of hydrogen-bond acceptors (Lipinski definition) is 3. The first-order chi connectivity index (χ1) is 10.3. The fourth-order valence-electron chi connectivity index (χ4n) is 3.24. The van der Waals surface area contributed by atoms with Crippen LogP contribution in [-0.4, -0.2) is 27.5 Å². The van der Waals surface area contributed by atoms with Crippen molar-refractivity contribution >= 4 is 0 Å². The van der Waals surface area contributed by atoms with E-state index in [4.69, 9.17) is 0 Å². The van der Waals surface area contributed by atoms with Crippen LogP contribution in [0.3, 0.4) is 0 Å². The number of fused-ring (bicyclic) bond motifs is 1. The van der Waals surface area contributed by atoms with Crippen molar-refractivity contribution in [2.45, 2.75) is 37.8 Å². The summed E-state index contributed by atoms with van der Waals surface area (Å²) in [7, 11) is 2.01. The molecule has 1 heterocycles. The van der Waals surface area contributed by atoms with Gasteiger partial charge < -0.3 is 10.4 Å². The molecule has 0 saturated carbocycles. The van der Waals surface area contributed by atoms with Crippen molar-refractivity contribution in [3.8, 4) is 0 Å². The molecule has 4 heteroatoms. The Labute approximate surface area is 125 Å². The molecular formula is C17H23N3O. The monoisotopic (exact) mass is 285 g/mol. The van der Waals surface area contributed by atoms with Crippen LogP contribution in [0.2, 0.25) is 0 Å². The van der Waals surface area contributed by atoms with Crippen molar-refractivity contribution < 1.29 is 5.11 Å². The van der Waals surface area contributed by atoms with Gasteiger partial charge in [0, 0.05) is 30.4 Å². The molecule has 0 aliphatic heterocycles. The van der Waals surface area contributed by atoms with E-state index < -0.39 is 0 Å². The van der Waals surface area contributed by atoms with Gasteiger partial charge in [-0.2, -0.15) is 5.10 Å². The number of aryl methyl sites for hydroxylation is 1. The van der Waals surface area contributed by atoms with Crippen LogP contribution in [0.15, 0.2) is 36.5 Å². The minimum absolute atomic E-state index is 0.0866. The summed E-state index contributed by atoms with van der Waals surface area (Å²) < 4.78 is 1.98. The fourth-order valence-corrected chi connectivity index (χ4v) is 3.24. The van der Waals surface area contributed by atoms with Crippen LogP contribution >= 0.6 is 0 Å². The summed E-state index contributed by atoms with van der Waals surface area (Å²) >= 11 is 0. The van der Waals surface area contributed by atoms with Crippen molar-refractivity contribution in [2.24, 2.45) is 7.05 Å². The van der Waals surface area contributed by atoms with Gasteiger partial charge in [0.25, 0.3) is 0 Å². The molecule has 4 nitrogen and oxygen atoms in total. The summed E-state index contributed by atoms with van der Waals surface area (Å²) in [5.74, 6) is 0. The second-order valence-corrected chi connectivity index (χ2v) is 5.85. The van der Waals surface area contributed by atoms with Gasteiger partial charge in [-0.3, -0.25) is 4.68 Å². The maximum atomic E-state index is 9.69. The summed E-state index contributed by atoms with van der Waals surface area (Å²) in [6.07, 6.45) is 6.22. The average Bonchev–Trinajstić information content (AvgIpc) is 2.90. The number of nitrogens with one attached hydrogen (secondary N) is 1. The number of hydrogen-bond donors (Lipinski definition) is 2. The fraction of sp³-hybridized carbons (Fsp3) is 0.471. The van der Waals surface area contributed by atoms with Crippen LogP contribution in [0.25, 0.3) is 0 Å². The Hall–Kier alpha value is -1.65. The highest BCUT2D eigenvalue weighted by atomic mass is 16.3. The lowest BCUT2D eigenvalue weighted by molar-refractivity contribution is 0.225. The van der Waals surface area contributed by atoms with Crippen molar-refractivity contribution in [1.29, 1.82) is 0 Å². The van der Waals surface area contributed by atoms with Crippen LogP contribution in [0, 0.1) is 0 Å². The third kappa shape index (κ3) is 3.17. The van der Waals surface area contributed by atoms with Gasteiger partial charge in [0.15, 0.2) is 0 Å². The third-order valence-corrected chi connectivity index (χ3v) is 4.36. The Kier molecular flexibility index (Phi) is 4.36. The number of aliphatic hydroxyl groups excluding tert-OH is 1. The second kappa shape index (κ2) is 6.41. The minimum atomic E-state index is 0.0866. The first-order valence-corrected chi connectivity index (χ1v) is 7.69. The summed E-state index contributed by atoms with van der Waals surface area (Å²) in [5.41, 5.74) is 3.89. The molecule has 1 aromatic heterocycles. The van der Waals surface area contributed by atoms with Gasteiger partial charge in [-0.25, -0.2) is 0 Å². The van der Waals surface area contributed by atoms with E-state index in [1.807, 2.05) is 36.1 Å². The lowest BCUT2D eigenvalue weighted by atomic mass is 9.92. The predicted octanol–water partition coefficient (Wildman–Crippen LogP) is 1.99. The Morgan fingerprint density at radius 2 is 2.19 bits per heavy atom. The predicted molar refractivity (Wildman–Crippen MR) is 83.0 cm³/mol. The highest BCUT2D eigenvalue weighted by Crippen LogP contribution is 2.29. The van der Waals surface area contributed by atoms with E-state index in [-0.39, 0.29) is 12.6 Å². The highest BCUT2D eigenvalue weighted by molar-refractivity contribution is 5.25. The minimum Gasteiger partial charge on any atom is -0.395 e. The number of aliphatic hydroxyl groups is 1. The number of benzene rings is 1. The van der Waals surface area contributed by atoms with E-state index in [9.17, 15) is 5.11 Å². The first kappa shape index (κ1) is 14.3. The van der Waals surface area contributed by atoms with Crippen LogP contribution in [0.4, 0.5) is 0 Å². The molecule has 1 aliphatic rings. The van der Waals surface area contributed by atoms with Gasteiger partial charge in [-0.1, -0.05) is 30.3 Å². The smallest absolute Gasteiger partial charge is 0.0588 e. The van der Waals surface area contributed by atoms with Gasteiger partial charge in [0.05, 0.1) is 12.8 Å². The molecule has 0 bridgehead atoms. The zero-order valence-corrected chi connectivity index (χ0v) is 12.5. The Balaban J connectivity index is 1.70. The molecule has 0 spiro atoms. The van der Waals surface area contributed by atoms with Crippen molar-refractivity contribution in [2.75, 3.05) is 6.61 Å². The van der Waals surface area contributed by atoms with Crippen molar-refractivity contribution in [1.82, 2.24) is 15.1 Å². The van der Waals surface area contributed by atoms with E-state index >= 15 is 0 Å². The first-order valence-electron chi connectivity index (χ1n) is 7.69. The molecule has 0 amide bonds. The zero-order valence-electron chi connectivity index (χ0n) is 12.5. The van der Waals surface area contributed by atoms with E-state index in [2.05, 4.69) is 22.5 Å². The lowest BCUT2D eigenvalue weighted by Crippen LogP contribution is -2.38. The topological polar surface area (TPSA) is 50.1 Å². The van der Waals surface area contributed by atoms with E-state index in [1.165, 1.54) is 23.2 Å². The molecule has 2 unspecified atom stereocenters. The van der Waals surface area contributed by atoms with Gasteiger partial charge in [0.1, 0.15) is 0 Å². The molecule has 3 rings (SSSR count). The molecule has 0 fully saturated rings. The summed E-state index contributed by atoms with van der Waals surface area (Å²) in [5, 5.41) is 17.7. The Morgan fingerprint density at radius 3 is 2.95 bits per heavy atom. The molecule has 2 aromatic rings. The number of rotatable bonds is 5. The molecular weight excluding hydrogens is 262 g/mol. The molecule has 0 radical (unpaired) electrons. The highest BCUT2D eigenvalue weighted by Gasteiger charge is 2.25. The summed E-state index contributed by atoms with van der Waals surface area (Å²) in [6, 6.07) is 10.7. The van der Waals surface area contributed by atoms with Crippen LogP contribution < -0.4 is 5.32 Å². The average molecular weight is 285 g/mol. The van der Waals surface area contributed by atoms with Crippen LogP contribution in [0.5, 0.6) is 0 Å². The molecule has 0 saturated heterocycles. The Morgan fingerprint density at radius 1 is 1.38 bits per heavy atom. The lowest BCUT2D eigenvalue weighted by Gasteiger charge is -2.28.